The summed E-state index contributed by atoms with van der Waals surface area (Å²) in [4.78, 5) is 1.36. The second-order valence-corrected chi connectivity index (χ2v) is 7.80. The smallest absolute Gasteiger partial charge is 0.193 e. The van der Waals surface area contributed by atoms with Gasteiger partial charge < -0.3 is 0 Å². The molecule has 4 aromatic rings. The van der Waals surface area contributed by atoms with Crippen molar-refractivity contribution in [2.45, 2.75) is 4.83 Å². The maximum absolute atomic E-state index is 6.08. The zero-order valence-electron chi connectivity index (χ0n) is 13.2. The normalized spacial score (nSPS) is 12.3. The van der Waals surface area contributed by atoms with Gasteiger partial charge in [0.05, 0.1) is 11.9 Å². The molecule has 0 amide bonds. The van der Waals surface area contributed by atoms with E-state index in [2.05, 4.69) is 59.0 Å². The van der Waals surface area contributed by atoms with Crippen molar-refractivity contribution >= 4 is 50.1 Å². The molecule has 130 valence electrons. The number of tetrazole rings is 1. The molecular formula is C17H11BrClIN6. The molecule has 0 aliphatic heterocycles. The van der Waals surface area contributed by atoms with Crippen LogP contribution in [0.15, 0.2) is 60.8 Å². The molecule has 26 heavy (non-hydrogen) atoms. The molecule has 0 bridgehead atoms. The molecule has 0 saturated heterocycles. The predicted octanol–water partition coefficient (Wildman–Crippen LogP) is 4.59. The Morgan fingerprint density at radius 3 is 2.65 bits per heavy atom. The van der Waals surface area contributed by atoms with Crippen molar-refractivity contribution in [3.8, 4) is 11.4 Å². The van der Waals surface area contributed by atoms with Gasteiger partial charge >= 0.3 is 0 Å². The van der Waals surface area contributed by atoms with E-state index >= 15 is 0 Å². The van der Waals surface area contributed by atoms with E-state index in [9.17, 15) is 0 Å². The first-order chi connectivity index (χ1) is 12.6. The van der Waals surface area contributed by atoms with Gasteiger partial charge in [-0.3, -0.25) is 0 Å². The average Bonchev–Trinajstić information content (AvgIpc) is 3.28. The Morgan fingerprint density at radius 1 is 1.08 bits per heavy atom. The number of hydrogen-bond donors (Lipinski definition) is 0. The first-order valence-corrected chi connectivity index (χ1v) is 9.99. The van der Waals surface area contributed by atoms with E-state index in [0.29, 0.717) is 10.8 Å². The van der Waals surface area contributed by atoms with Gasteiger partial charge in [0.15, 0.2) is 5.82 Å². The molecule has 0 saturated carbocycles. The van der Waals surface area contributed by atoms with Gasteiger partial charge in [-0.15, -0.1) is 15.0 Å². The molecule has 1 unspecified atom stereocenters. The number of rotatable bonds is 4. The Kier molecular flexibility index (Phi) is 5.05. The molecule has 0 aliphatic rings. The predicted molar refractivity (Wildman–Crippen MR) is 111 cm³/mol. The highest BCUT2D eigenvalue weighted by Gasteiger charge is 2.19. The summed E-state index contributed by atoms with van der Waals surface area (Å²) < 4.78 is 2.65. The van der Waals surface area contributed by atoms with Crippen LogP contribution in [-0.4, -0.2) is 30.0 Å². The van der Waals surface area contributed by atoms with Crippen molar-refractivity contribution in [3.63, 3.8) is 0 Å². The van der Waals surface area contributed by atoms with Crippen LogP contribution in [0, 0.1) is 3.70 Å². The number of aromatic nitrogens is 6. The van der Waals surface area contributed by atoms with E-state index < -0.39 is 0 Å². The highest BCUT2D eigenvalue weighted by atomic mass is 127. The minimum atomic E-state index is -0.127. The molecule has 0 aliphatic carbocycles. The van der Waals surface area contributed by atoms with Crippen LogP contribution < -0.4 is 0 Å². The molecule has 4 rings (SSSR count). The van der Waals surface area contributed by atoms with Gasteiger partial charge in [-0.25, -0.2) is 4.68 Å². The van der Waals surface area contributed by atoms with E-state index in [4.69, 9.17) is 11.6 Å². The van der Waals surface area contributed by atoms with E-state index in [0.717, 1.165) is 20.6 Å². The average molecular weight is 542 g/mol. The summed E-state index contributed by atoms with van der Waals surface area (Å²) in [5.41, 5.74) is 2.68. The third kappa shape index (κ3) is 3.40. The van der Waals surface area contributed by atoms with Gasteiger partial charge in [0.1, 0.15) is 14.2 Å². The minimum Gasteiger partial charge on any atom is -0.225 e. The van der Waals surface area contributed by atoms with E-state index in [1.807, 2.05) is 54.6 Å². The summed E-state index contributed by atoms with van der Waals surface area (Å²) in [7, 11) is 0. The molecule has 0 fully saturated rings. The molecule has 6 nitrogen and oxygen atoms in total. The number of hydrogen-bond acceptors (Lipinski definition) is 4. The first kappa shape index (κ1) is 17.6. The van der Waals surface area contributed by atoms with Crippen LogP contribution in [0.5, 0.6) is 0 Å². The van der Waals surface area contributed by atoms with Crippen LogP contribution in [0.2, 0.25) is 5.02 Å². The zero-order chi connectivity index (χ0) is 18.1. The zero-order valence-corrected chi connectivity index (χ0v) is 17.7. The molecule has 2 aromatic carbocycles. The van der Waals surface area contributed by atoms with Crippen molar-refractivity contribution in [1.82, 2.24) is 30.0 Å². The maximum Gasteiger partial charge on any atom is 0.193 e. The first-order valence-electron chi connectivity index (χ1n) is 7.62. The fourth-order valence-corrected chi connectivity index (χ4v) is 3.88. The van der Waals surface area contributed by atoms with Gasteiger partial charge in [-0.1, -0.05) is 63.9 Å². The molecule has 0 radical (unpaired) electrons. The summed E-state index contributed by atoms with van der Waals surface area (Å²) >= 11 is 11.9. The van der Waals surface area contributed by atoms with Gasteiger partial charge in [0.2, 0.25) is 0 Å². The standard InChI is InChI=1S/C17H11BrClIN6/c18-15(11-5-2-1-3-6-11)17-22-24-26(23-17)14-10-21-25(16(14)20)13-8-4-7-12(19)9-13/h1-10,15H. The molecule has 0 spiro atoms. The third-order valence-corrected chi connectivity index (χ3v) is 5.89. The van der Waals surface area contributed by atoms with Crippen molar-refractivity contribution < 1.29 is 0 Å². The Labute approximate surface area is 176 Å². The fourth-order valence-electron chi connectivity index (χ4n) is 2.45. The molecule has 2 heterocycles. The van der Waals surface area contributed by atoms with Gasteiger partial charge in [-0.2, -0.15) is 5.10 Å². The number of benzene rings is 2. The Morgan fingerprint density at radius 2 is 1.88 bits per heavy atom. The van der Waals surface area contributed by atoms with Crippen LogP contribution in [0.4, 0.5) is 0 Å². The van der Waals surface area contributed by atoms with Crippen LogP contribution in [-0.2, 0) is 0 Å². The molecular weight excluding hydrogens is 530 g/mol. The van der Waals surface area contributed by atoms with Gasteiger partial charge in [-0.05, 0) is 51.6 Å². The van der Waals surface area contributed by atoms with Crippen LogP contribution >= 0.6 is 50.1 Å². The summed E-state index contributed by atoms with van der Waals surface area (Å²) in [6.07, 6.45) is 1.71. The number of nitrogens with zero attached hydrogens (tertiary/aromatic N) is 6. The van der Waals surface area contributed by atoms with Crippen molar-refractivity contribution in [2.24, 2.45) is 0 Å². The summed E-state index contributed by atoms with van der Waals surface area (Å²) in [5.74, 6) is 0.586. The van der Waals surface area contributed by atoms with Gasteiger partial charge in [0, 0.05) is 5.02 Å². The van der Waals surface area contributed by atoms with Crippen molar-refractivity contribution in [3.05, 3.63) is 80.9 Å². The Hall–Kier alpha value is -1.78. The lowest BCUT2D eigenvalue weighted by Gasteiger charge is -2.05. The van der Waals surface area contributed by atoms with E-state index in [-0.39, 0.29) is 4.83 Å². The van der Waals surface area contributed by atoms with Crippen LogP contribution in [0.1, 0.15) is 16.2 Å². The van der Waals surface area contributed by atoms with Crippen LogP contribution in [0.3, 0.4) is 0 Å². The molecule has 2 aromatic heterocycles. The molecule has 1 atom stereocenters. The summed E-state index contributed by atoms with van der Waals surface area (Å²) in [5, 5.41) is 17.9. The quantitative estimate of drug-likeness (QED) is 0.280. The fraction of sp³-hybridized carbons (Fsp3) is 0.0588. The lowest BCUT2D eigenvalue weighted by Crippen LogP contribution is -2.04. The largest absolute Gasteiger partial charge is 0.225 e. The monoisotopic (exact) mass is 540 g/mol. The second kappa shape index (κ2) is 7.45. The maximum atomic E-state index is 6.08. The second-order valence-electron chi connectivity index (χ2n) is 5.42. The van der Waals surface area contributed by atoms with Crippen LogP contribution in [0.25, 0.3) is 11.4 Å². The Balaban J connectivity index is 1.67. The highest BCUT2D eigenvalue weighted by molar-refractivity contribution is 14.1. The van der Waals surface area contributed by atoms with Gasteiger partial charge in [0.25, 0.3) is 0 Å². The van der Waals surface area contributed by atoms with Crippen molar-refractivity contribution in [2.75, 3.05) is 0 Å². The Bertz CT molecular complexity index is 1050. The van der Waals surface area contributed by atoms with E-state index in [1.54, 1.807) is 10.9 Å². The summed E-state index contributed by atoms with van der Waals surface area (Å²) in [6, 6.07) is 17.5. The molecule has 0 N–H and O–H groups in total. The van der Waals surface area contributed by atoms with E-state index in [1.165, 1.54) is 4.80 Å². The SMILES string of the molecule is Clc1cccc(-n2ncc(-n3nnc(C(Br)c4ccccc4)n3)c2I)c1. The molecule has 9 heteroatoms. The minimum absolute atomic E-state index is 0.127. The topological polar surface area (TPSA) is 61.4 Å². The lowest BCUT2D eigenvalue weighted by atomic mass is 10.1. The van der Waals surface area contributed by atoms with Crippen molar-refractivity contribution in [1.29, 1.82) is 0 Å². The highest BCUT2D eigenvalue weighted by Crippen LogP contribution is 2.28. The number of halogens is 3. The summed E-state index contributed by atoms with van der Waals surface area (Å²) in [6.45, 7) is 0. The third-order valence-electron chi connectivity index (χ3n) is 3.71. The lowest BCUT2D eigenvalue weighted by molar-refractivity contribution is 0.713. The number of alkyl halides is 1.